The van der Waals surface area contributed by atoms with E-state index in [0.29, 0.717) is 20.5 Å². The van der Waals surface area contributed by atoms with E-state index in [-0.39, 0.29) is 11.7 Å². The number of nitrogens with one attached hydrogen (secondary N) is 1. The average Bonchev–Trinajstić information content (AvgIpc) is 3.17. The lowest BCUT2D eigenvalue weighted by molar-refractivity contribution is -0.113. The van der Waals surface area contributed by atoms with Crippen LogP contribution in [0.15, 0.2) is 65.7 Å². The number of thioether (sulfide) groups is 1. The zero-order chi connectivity index (χ0) is 18.3. The number of thiocarbonyl (C=S) groups is 1. The SMILES string of the molecule is Cc1ccc(N2C(=O)/C(=C\C(=O)c3c[nH]c4ccccc34)SC2=S)cc1. The number of aromatic nitrogens is 1. The molecule has 1 aliphatic rings. The van der Waals surface area contributed by atoms with Gasteiger partial charge in [0.2, 0.25) is 0 Å². The van der Waals surface area contributed by atoms with Gasteiger partial charge in [0.1, 0.15) is 0 Å². The van der Waals surface area contributed by atoms with Gasteiger partial charge in [-0.25, -0.2) is 0 Å². The summed E-state index contributed by atoms with van der Waals surface area (Å²) in [5.74, 6) is -0.482. The number of carbonyl (C=O) groups excluding carboxylic acids is 2. The van der Waals surface area contributed by atoms with Crippen molar-refractivity contribution < 1.29 is 9.59 Å². The summed E-state index contributed by atoms with van der Waals surface area (Å²) in [5.41, 5.74) is 3.24. The van der Waals surface area contributed by atoms with E-state index in [1.54, 1.807) is 6.20 Å². The van der Waals surface area contributed by atoms with Crippen LogP contribution in [0, 0.1) is 6.92 Å². The third kappa shape index (κ3) is 2.87. The summed E-state index contributed by atoms with van der Waals surface area (Å²) in [6.45, 7) is 1.98. The number of ketones is 1. The van der Waals surface area contributed by atoms with Gasteiger partial charge >= 0.3 is 0 Å². The summed E-state index contributed by atoms with van der Waals surface area (Å²) in [4.78, 5) is 30.3. The number of nitrogens with zero attached hydrogens (tertiary/aromatic N) is 1. The first-order valence-corrected chi connectivity index (χ1v) is 9.22. The molecule has 0 spiro atoms. The molecule has 2 aromatic carbocycles. The standard InChI is InChI=1S/C20H14N2O2S2/c1-12-6-8-13(9-7-12)22-19(24)18(26-20(22)25)10-17(23)15-11-21-16-5-3-2-4-14(15)16/h2-11,21H,1H3/b18-10+. The highest BCUT2D eigenvalue weighted by atomic mass is 32.2. The fourth-order valence-corrected chi connectivity index (χ4v) is 4.13. The first-order chi connectivity index (χ1) is 12.5. The largest absolute Gasteiger partial charge is 0.360 e. The maximum Gasteiger partial charge on any atom is 0.270 e. The number of rotatable bonds is 3. The van der Waals surface area contributed by atoms with Gasteiger partial charge in [0.05, 0.1) is 10.6 Å². The van der Waals surface area contributed by atoms with Crippen molar-refractivity contribution in [2.45, 2.75) is 6.92 Å². The van der Waals surface area contributed by atoms with E-state index in [4.69, 9.17) is 12.2 Å². The number of hydrogen-bond acceptors (Lipinski definition) is 4. The Morgan fingerprint density at radius 3 is 2.65 bits per heavy atom. The van der Waals surface area contributed by atoms with Crippen LogP contribution < -0.4 is 4.90 Å². The molecule has 6 heteroatoms. The second kappa shape index (κ2) is 6.55. The Morgan fingerprint density at radius 1 is 1.15 bits per heavy atom. The van der Waals surface area contributed by atoms with Gasteiger partial charge in [-0.15, -0.1) is 0 Å². The molecule has 1 saturated heterocycles. The first kappa shape index (κ1) is 16.8. The van der Waals surface area contributed by atoms with Crippen molar-refractivity contribution in [2.75, 3.05) is 4.90 Å². The van der Waals surface area contributed by atoms with Gasteiger partial charge < -0.3 is 4.98 Å². The van der Waals surface area contributed by atoms with Crippen molar-refractivity contribution in [1.29, 1.82) is 0 Å². The molecule has 0 saturated carbocycles. The van der Waals surface area contributed by atoms with Crippen LogP contribution in [0.4, 0.5) is 5.69 Å². The van der Waals surface area contributed by atoms with Crippen LogP contribution in [-0.4, -0.2) is 21.0 Å². The van der Waals surface area contributed by atoms with Gasteiger partial charge in [-0.3, -0.25) is 14.5 Å². The Hall–Kier alpha value is -2.70. The van der Waals surface area contributed by atoms with Crippen LogP contribution in [0.2, 0.25) is 0 Å². The molecule has 0 atom stereocenters. The Balaban J connectivity index is 1.65. The van der Waals surface area contributed by atoms with Crippen LogP contribution >= 0.6 is 24.0 Å². The maximum atomic E-state index is 12.8. The molecule has 4 rings (SSSR count). The van der Waals surface area contributed by atoms with E-state index in [1.165, 1.54) is 11.0 Å². The maximum absolute atomic E-state index is 12.8. The lowest BCUT2D eigenvalue weighted by atomic mass is 10.1. The molecule has 1 amide bonds. The summed E-state index contributed by atoms with van der Waals surface area (Å²) in [5, 5.41) is 0.836. The summed E-state index contributed by atoms with van der Waals surface area (Å²) >= 11 is 6.50. The number of amides is 1. The summed E-state index contributed by atoms with van der Waals surface area (Å²) < 4.78 is 0.428. The Bertz CT molecular complexity index is 1080. The molecule has 0 radical (unpaired) electrons. The fourth-order valence-electron chi connectivity index (χ4n) is 2.86. The molecule has 1 aliphatic heterocycles. The van der Waals surface area contributed by atoms with E-state index in [2.05, 4.69) is 4.98 Å². The van der Waals surface area contributed by atoms with E-state index >= 15 is 0 Å². The number of aryl methyl sites for hydroxylation is 1. The number of aromatic amines is 1. The lowest BCUT2D eigenvalue weighted by Gasteiger charge is -2.14. The fraction of sp³-hybridized carbons (Fsp3) is 0.0500. The van der Waals surface area contributed by atoms with Crippen molar-refractivity contribution in [3.8, 4) is 0 Å². The first-order valence-electron chi connectivity index (χ1n) is 7.99. The molecule has 128 valence electrons. The second-order valence-electron chi connectivity index (χ2n) is 5.96. The molecule has 1 fully saturated rings. The highest BCUT2D eigenvalue weighted by Crippen LogP contribution is 2.35. The molecule has 26 heavy (non-hydrogen) atoms. The van der Waals surface area contributed by atoms with Crippen LogP contribution in [-0.2, 0) is 4.79 Å². The predicted molar refractivity (Wildman–Crippen MR) is 110 cm³/mol. The van der Waals surface area contributed by atoms with Crippen LogP contribution in [0.3, 0.4) is 0 Å². The zero-order valence-corrected chi connectivity index (χ0v) is 15.5. The van der Waals surface area contributed by atoms with Gasteiger partial charge in [-0.1, -0.05) is 59.9 Å². The lowest BCUT2D eigenvalue weighted by Crippen LogP contribution is -2.27. The minimum Gasteiger partial charge on any atom is -0.360 e. The normalized spacial score (nSPS) is 16.0. The van der Waals surface area contributed by atoms with Gasteiger partial charge in [0.15, 0.2) is 10.1 Å². The molecule has 1 aromatic heterocycles. The number of fused-ring (bicyclic) bond motifs is 1. The summed E-state index contributed by atoms with van der Waals surface area (Å²) in [7, 11) is 0. The zero-order valence-electron chi connectivity index (χ0n) is 13.9. The number of hydrogen-bond donors (Lipinski definition) is 1. The van der Waals surface area contributed by atoms with Gasteiger partial charge in [-0.2, -0.15) is 0 Å². The molecular formula is C20H14N2O2S2. The summed E-state index contributed by atoms with van der Waals surface area (Å²) in [6.07, 6.45) is 3.05. The quantitative estimate of drug-likeness (QED) is 0.411. The minimum absolute atomic E-state index is 0.216. The highest BCUT2D eigenvalue weighted by Gasteiger charge is 2.34. The summed E-state index contributed by atoms with van der Waals surface area (Å²) in [6, 6.07) is 15.1. The van der Waals surface area contributed by atoms with Gasteiger partial charge in [-0.05, 0) is 25.1 Å². The minimum atomic E-state index is -0.267. The molecule has 1 N–H and O–H groups in total. The second-order valence-corrected chi connectivity index (χ2v) is 7.64. The molecule has 4 nitrogen and oxygen atoms in total. The topological polar surface area (TPSA) is 53.2 Å². The molecule has 0 bridgehead atoms. The Labute approximate surface area is 159 Å². The third-order valence-electron chi connectivity index (χ3n) is 4.20. The number of carbonyl (C=O) groups is 2. The highest BCUT2D eigenvalue weighted by molar-refractivity contribution is 8.27. The van der Waals surface area contributed by atoms with Crippen molar-refractivity contribution in [3.63, 3.8) is 0 Å². The number of para-hydroxylation sites is 1. The molecule has 0 unspecified atom stereocenters. The predicted octanol–water partition coefficient (Wildman–Crippen LogP) is 4.61. The van der Waals surface area contributed by atoms with Gasteiger partial charge in [0, 0.05) is 28.7 Å². The van der Waals surface area contributed by atoms with Gasteiger partial charge in [0.25, 0.3) is 5.91 Å². The van der Waals surface area contributed by atoms with E-state index < -0.39 is 0 Å². The van der Waals surface area contributed by atoms with Crippen molar-refractivity contribution >= 4 is 56.6 Å². The third-order valence-corrected chi connectivity index (χ3v) is 5.50. The van der Waals surface area contributed by atoms with E-state index in [0.717, 1.165) is 28.2 Å². The number of anilines is 1. The molecule has 3 aromatic rings. The van der Waals surface area contributed by atoms with E-state index in [1.807, 2.05) is 55.5 Å². The molecule has 0 aliphatic carbocycles. The Kier molecular flexibility index (Phi) is 4.22. The van der Waals surface area contributed by atoms with Crippen molar-refractivity contribution in [1.82, 2.24) is 4.98 Å². The monoisotopic (exact) mass is 378 g/mol. The van der Waals surface area contributed by atoms with E-state index in [9.17, 15) is 9.59 Å². The van der Waals surface area contributed by atoms with Crippen molar-refractivity contribution in [2.24, 2.45) is 0 Å². The molecular weight excluding hydrogens is 364 g/mol. The van der Waals surface area contributed by atoms with Crippen molar-refractivity contribution in [3.05, 3.63) is 76.8 Å². The van der Waals surface area contributed by atoms with Crippen LogP contribution in [0.5, 0.6) is 0 Å². The number of allylic oxidation sites excluding steroid dienone is 1. The van der Waals surface area contributed by atoms with Crippen LogP contribution in [0.25, 0.3) is 10.9 Å². The average molecular weight is 378 g/mol. The molecule has 2 heterocycles. The number of H-pyrrole nitrogens is 1. The smallest absolute Gasteiger partial charge is 0.270 e. The van der Waals surface area contributed by atoms with Crippen LogP contribution in [0.1, 0.15) is 15.9 Å². The Morgan fingerprint density at radius 2 is 1.88 bits per heavy atom. The number of benzene rings is 2.